The molecule has 3 amide bonds. The van der Waals surface area contributed by atoms with E-state index in [1.807, 2.05) is 0 Å². The molecule has 0 spiro atoms. The van der Waals surface area contributed by atoms with E-state index < -0.39 is 41.3 Å². The molecule has 2 unspecified atom stereocenters. The number of aliphatic carboxylic acids is 1. The number of rotatable bonds is 5. The van der Waals surface area contributed by atoms with Gasteiger partial charge >= 0.3 is 12.1 Å². The number of carbonyl (C=O) groups is 4. The minimum Gasteiger partial charge on any atom is -0.477 e. The summed E-state index contributed by atoms with van der Waals surface area (Å²) < 4.78 is 4.47. The first kappa shape index (κ1) is 19.7. The second-order valence-corrected chi connectivity index (χ2v) is 7.14. The number of fused-ring (bicyclic) bond motifs is 1. The number of hydrogen-bond acceptors (Lipinski definition) is 7. The van der Waals surface area contributed by atoms with Gasteiger partial charge in [0, 0.05) is 5.75 Å². The number of benzene rings is 1. The van der Waals surface area contributed by atoms with E-state index in [0.717, 1.165) is 12.0 Å². The van der Waals surface area contributed by atoms with Crippen LogP contribution in [0.5, 0.6) is 0 Å². The number of carboxylic acids is 1. The molecule has 1 saturated heterocycles. The summed E-state index contributed by atoms with van der Waals surface area (Å²) >= 11 is 1.21. The SMILES string of the molecule is COC(=O)NC1=C(C(=O)O)N2C(=O)C(NC(=O)C(N)c3ccccc3)[C@H]2SC1. The number of methoxy groups -OCH3 is 1. The first-order valence-electron chi connectivity index (χ1n) is 8.22. The van der Waals surface area contributed by atoms with Gasteiger partial charge in [0.05, 0.1) is 12.8 Å². The van der Waals surface area contributed by atoms with Crippen LogP contribution < -0.4 is 16.4 Å². The van der Waals surface area contributed by atoms with Crippen LogP contribution in [0.4, 0.5) is 4.79 Å². The van der Waals surface area contributed by atoms with Crippen LogP contribution in [0.3, 0.4) is 0 Å². The van der Waals surface area contributed by atoms with E-state index in [0.29, 0.717) is 5.56 Å². The van der Waals surface area contributed by atoms with Crippen LogP contribution in [-0.4, -0.2) is 58.2 Å². The molecular formula is C17H18N4O6S. The van der Waals surface area contributed by atoms with Gasteiger partial charge in [-0.3, -0.25) is 19.8 Å². The molecule has 0 aromatic heterocycles. The van der Waals surface area contributed by atoms with E-state index in [4.69, 9.17) is 5.73 Å². The molecule has 1 aromatic rings. The fourth-order valence-corrected chi connectivity index (χ4v) is 4.23. The molecule has 148 valence electrons. The molecule has 0 radical (unpaired) electrons. The highest BCUT2D eigenvalue weighted by Gasteiger charge is 2.54. The maximum absolute atomic E-state index is 12.5. The quantitative estimate of drug-likeness (QED) is 0.488. The van der Waals surface area contributed by atoms with Crippen LogP contribution in [0.15, 0.2) is 41.7 Å². The lowest BCUT2D eigenvalue weighted by Crippen LogP contribution is -2.71. The molecule has 2 aliphatic rings. The molecule has 3 rings (SSSR count). The number of amides is 3. The molecule has 0 bridgehead atoms. The number of nitrogens with zero attached hydrogens (tertiary/aromatic N) is 1. The summed E-state index contributed by atoms with van der Waals surface area (Å²) in [4.78, 5) is 49.0. The minimum absolute atomic E-state index is 0.0553. The highest BCUT2D eigenvalue weighted by atomic mass is 32.2. The summed E-state index contributed by atoms with van der Waals surface area (Å²) in [6, 6.07) is 6.82. The Hall–Kier alpha value is -3.05. The molecule has 3 atom stereocenters. The standard InChI is InChI=1S/C17H18N4O6S/c1-27-17(26)19-9-7-28-15-11(14(23)21(15)12(9)16(24)25)20-13(22)10(18)8-5-3-2-4-6-8/h2-6,10-11,15H,7,18H2,1H3,(H,19,26)(H,20,22)(H,24,25)/t10?,11?,15-/m1/s1. The molecule has 10 nitrogen and oxygen atoms in total. The average molecular weight is 406 g/mol. The van der Waals surface area contributed by atoms with Gasteiger partial charge in [0.1, 0.15) is 17.5 Å². The number of alkyl carbamates (subject to hydrolysis) is 1. The third-order valence-corrected chi connectivity index (χ3v) is 5.63. The van der Waals surface area contributed by atoms with Crippen LogP contribution >= 0.6 is 11.8 Å². The second kappa shape index (κ2) is 7.90. The van der Waals surface area contributed by atoms with Gasteiger partial charge in [0.15, 0.2) is 5.70 Å². The highest BCUT2D eigenvalue weighted by Crippen LogP contribution is 2.39. The summed E-state index contributed by atoms with van der Waals surface area (Å²) in [5.41, 5.74) is 6.25. The van der Waals surface area contributed by atoms with Crippen molar-refractivity contribution in [1.82, 2.24) is 15.5 Å². The summed E-state index contributed by atoms with van der Waals surface area (Å²) in [6.45, 7) is 0. The number of β-lactam (4-membered cyclic amide) rings is 1. The fourth-order valence-electron chi connectivity index (χ4n) is 2.94. The predicted molar refractivity (Wildman–Crippen MR) is 98.6 cm³/mol. The molecule has 1 aromatic carbocycles. The number of nitrogens with two attached hydrogens (primary N) is 1. The summed E-state index contributed by atoms with van der Waals surface area (Å²) in [7, 11) is 1.14. The van der Waals surface area contributed by atoms with Crippen molar-refractivity contribution < 1.29 is 29.0 Å². The molecule has 2 aliphatic heterocycles. The number of nitrogens with one attached hydrogen (secondary N) is 2. The second-order valence-electron chi connectivity index (χ2n) is 6.03. The Morgan fingerprint density at radius 3 is 2.61 bits per heavy atom. The van der Waals surface area contributed by atoms with Gasteiger partial charge in [0.2, 0.25) is 5.91 Å². The average Bonchev–Trinajstić information content (AvgIpc) is 2.71. The Kier molecular flexibility index (Phi) is 5.56. The monoisotopic (exact) mass is 406 g/mol. The van der Waals surface area contributed by atoms with E-state index in [-0.39, 0.29) is 17.1 Å². The zero-order valence-electron chi connectivity index (χ0n) is 14.7. The Balaban J connectivity index is 1.74. The van der Waals surface area contributed by atoms with E-state index in [2.05, 4.69) is 15.4 Å². The zero-order valence-corrected chi connectivity index (χ0v) is 15.6. The summed E-state index contributed by atoms with van der Waals surface area (Å²) in [5.74, 6) is -2.37. The van der Waals surface area contributed by atoms with Gasteiger partial charge in [-0.25, -0.2) is 9.59 Å². The first-order valence-corrected chi connectivity index (χ1v) is 9.27. The molecular weight excluding hydrogens is 388 g/mol. The largest absolute Gasteiger partial charge is 0.477 e. The number of carbonyl (C=O) groups excluding carboxylic acids is 3. The van der Waals surface area contributed by atoms with Crippen molar-refractivity contribution in [3.8, 4) is 0 Å². The van der Waals surface area contributed by atoms with Crippen LogP contribution in [0.2, 0.25) is 0 Å². The lowest BCUT2D eigenvalue weighted by atomic mass is 10.0. The zero-order chi connectivity index (χ0) is 20.4. The lowest BCUT2D eigenvalue weighted by Gasteiger charge is -2.49. The van der Waals surface area contributed by atoms with Crippen molar-refractivity contribution in [3.05, 3.63) is 47.3 Å². The van der Waals surface area contributed by atoms with E-state index in [1.165, 1.54) is 11.8 Å². The number of hydrogen-bond donors (Lipinski definition) is 4. The first-order chi connectivity index (χ1) is 13.3. The van der Waals surface area contributed by atoms with Crippen molar-refractivity contribution in [1.29, 1.82) is 0 Å². The van der Waals surface area contributed by atoms with Crippen LogP contribution in [0.1, 0.15) is 11.6 Å². The van der Waals surface area contributed by atoms with Gasteiger partial charge in [-0.15, -0.1) is 11.8 Å². The van der Waals surface area contributed by atoms with Gasteiger partial charge in [-0.05, 0) is 5.56 Å². The molecule has 0 aliphatic carbocycles. The number of ether oxygens (including phenoxy) is 1. The molecule has 5 N–H and O–H groups in total. The summed E-state index contributed by atoms with van der Waals surface area (Å²) in [5, 5.41) is 13.8. The minimum atomic E-state index is -1.36. The predicted octanol–water partition coefficient (Wildman–Crippen LogP) is -0.261. The van der Waals surface area contributed by atoms with Crippen LogP contribution in [-0.2, 0) is 19.1 Å². The van der Waals surface area contributed by atoms with Gasteiger partial charge < -0.3 is 20.9 Å². The normalized spacial score (nSPS) is 21.9. The lowest BCUT2D eigenvalue weighted by molar-refractivity contribution is -0.150. The van der Waals surface area contributed by atoms with Gasteiger partial charge in [-0.1, -0.05) is 30.3 Å². The van der Waals surface area contributed by atoms with E-state index in [9.17, 15) is 24.3 Å². The molecule has 11 heteroatoms. The Morgan fingerprint density at radius 2 is 2.00 bits per heavy atom. The Labute approximate surface area is 164 Å². The van der Waals surface area contributed by atoms with Gasteiger partial charge in [-0.2, -0.15) is 0 Å². The smallest absolute Gasteiger partial charge is 0.411 e. The third kappa shape index (κ3) is 3.53. The van der Waals surface area contributed by atoms with E-state index >= 15 is 0 Å². The fraction of sp³-hybridized carbons (Fsp3) is 0.294. The molecule has 2 heterocycles. The topological polar surface area (TPSA) is 151 Å². The van der Waals surface area contributed by atoms with Crippen molar-refractivity contribution in [2.24, 2.45) is 5.73 Å². The van der Waals surface area contributed by atoms with Crippen molar-refractivity contribution >= 4 is 35.6 Å². The van der Waals surface area contributed by atoms with E-state index in [1.54, 1.807) is 30.3 Å². The maximum Gasteiger partial charge on any atom is 0.411 e. The van der Waals surface area contributed by atoms with Gasteiger partial charge in [0.25, 0.3) is 5.91 Å². The van der Waals surface area contributed by atoms with Crippen LogP contribution in [0.25, 0.3) is 0 Å². The molecule has 1 fully saturated rings. The van der Waals surface area contributed by atoms with Crippen LogP contribution in [0, 0.1) is 0 Å². The highest BCUT2D eigenvalue weighted by molar-refractivity contribution is 8.00. The Morgan fingerprint density at radius 1 is 1.32 bits per heavy atom. The molecule has 28 heavy (non-hydrogen) atoms. The molecule has 0 saturated carbocycles. The maximum atomic E-state index is 12.5. The third-order valence-electron chi connectivity index (χ3n) is 4.35. The van der Waals surface area contributed by atoms with Crippen molar-refractivity contribution in [2.75, 3.05) is 12.9 Å². The Bertz CT molecular complexity index is 858. The summed E-state index contributed by atoms with van der Waals surface area (Å²) in [6.07, 6.45) is -0.834. The van der Waals surface area contributed by atoms with Crippen molar-refractivity contribution in [3.63, 3.8) is 0 Å². The van der Waals surface area contributed by atoms with Crippen molar-refractivity contribution in [2.45, 2.75) is 17.5 Å². The number of thioether (sulfide) groups is 1. The number of carboxylic acid groups (broad SMARTS) is 1.